The van der Waals surface area contributed by atoms with Crippen LogP contribution in [0, 0.1) is 13.8 Å². The van der Waals surface area contributed by atoms with E-state index in [1.807, 2.05) is 35.5 Å². The minimum atomic E-state index is -0.0981. The molecule has 0 spiro atoms. The number of likely N-dealkylation sites (tertiary alicyclic amines) is 1. The first kappa shape index (κ1) is 22.0. The number of hydrogen-bond acceptors (Lipinski definition) is 4. The fourth-order valence-electron chi connectivity index (χ4n) is 4.94. The minimum absolute atomic E-state index is 0.0981. The third kappa shape index (κ3) is 4.49. The third-order valence-electron chi connectivity index (χ3n) is 6.67. The SMILES string of the molecule is Cc1cncc(C)c1-c1ccc(-c2cn(C(=O)N3CCCCC3Cc3ccccc3)nn2)cc1. The van der Waals surface area contributed by atoms with Crippen molar-refractivity contribution in [3.8, 4) is 22.4 Å². The highest BCUT2D eigenvalue weighted by molar-refractivity contribution is 5.78. The van der Waals surface area contributed by atoms with Crippen molar-refractivity contribution >= 4 is 6.03 Å². The first-order valence-electron chi connectivity index (χ1n) is 11.9. The Kier molecular flexibility index (Phi) is 6.21. The molecule has 6 heteroatoms. The van der Waals surface area contributed by atoms with E-state index in [4.69, 9.17) is 0 Å². The molecule has 0 aliphatic carbocycles. The van der Waals surface area contributed by atoms with E-state index in [9.17, 15) is 4.79 Å². The molecule has 1 aliphatic heterocycles. The van der Waals surface area contributed by atoms with E-state index >= 15 is 0 Å². The zero-order valence-corrected chi connectivity index (χ0v) is 19.7. The number of aromatic nitrogens is 4. The number of carbonyl (C=O) groups is 1. The van der Waals surface area contributed by atoms with Gasteiger partial charge in [0.05, 0.1) is 6.20 Å². The van der Waals surface area contributed by atoms with Gasteiger partial charge in [-0.25, -0.2) is 4.79 Å². The summed E-state index contributed by atoms with van der Waals surface area (Å²) in [5, 5.41) is 8.49. The zero-order valence-electron chi connectivity index (χ0n) is 19.7. The quantitative estimate of drug-likeness (QED) is 0.400. The number of benzene rings is 2. The monoisotopic (exact) mass is 451 g/mol. The lowest BCUT2D eigenvalue weighted by molar-refractivity contribution is 0.149. The molecule has 3 heterocycles. The summed E-state index contributed by atoms with van der Waals surface area (Å²) in [7, 11) is 0. The Morgan fingerprint density at radius 1 is 0.941 bits per heavy atom. The molecule has 34 heavy (non-hydrogen) atoms. The first-order valence-corrected chi connectivity index (χ1v) is 11.9. The largest absolute Gasteiger partial charge is 0.346 e. The molecule has 1 aliphatic rings. The summed E-state index contributed by atoms with van der Waals surface area (Å²) in [5.74, 6) is 0. The van der Waals surface area contributed by atoms with Crippen LogP contribution in [0.3, 0.4) is 0 Å². The summed E-state index contributed by atoms with van der Waals surface area (Å²) in [6, 6.07) is 18.7. The Hall–Kier alpha value is -3.80. The molecule has 5 rings (SSSR count). The second-order valence-electron chi connectivity index (χ2n) is 9.09. The van der Waals surface area contributed by atoms with Gasteiger partial charge in [-0.15, -0.1) is 5.10 Å². The molecule has 0 bridgehead atoms. The van der Waals surface area contributed by atoms with Gasteiger partial charge in [0.2, 0.25) is 0 Å². The summed E-state index contributed by atoms with van der Waals surface area (Å²) < 4.78 is 1.39. The van der Waals surface area contributed by atoms with Crippen molar-refractivity contribution in [2.45, 2.75) is 45.6 Å². The van der Waals surface area contributed by atoms with Crippen LogP contribution in [0.4, 0.5) is 4.79 Å². The van der Waals surface area contributed by atoms with Crippen LogP contribution >= 0.6 is 0 Å². The molecule has 0 radical (unpaired) electrons. The second-order valence-corrected chi connectivity index (χ2v) is 9.09. The van der Waals surface area contributed by atoms with Crippen molar-refractivity contribution in [3.05, 3.63) is 89.9 Å². The van der Waals surface area contributed by atoms with E-state index in [0.717, 1.165) is 54.5 Å². The highest BCUT2D eigenvalue weighted by Gasteiger charge is 2.28. The van der Waals surface area contributed by atoms with Crippen LogP contribution in [0.5, 0.6) is 0 Å². The second kappa shape index (κ2) is 9.59. The maximum atomic E-state index is 13.3. The number of pyridine rings is 1. The predicted molar refractivity (Wildman–Crippen MR) is 133 cm³/mol. The molecule has 172 valence electrons. The van der Waals surface area contributed by atoms with Crippen LogP contribution in [0.15, 0.2) is 73.2 Å². The maximum Gasteiger partial charge on any atom is 0.346 e. The van der Waals surface area contributed by atoms with Crippen LogP contribution in [0.1, 0.15) is 36.0 Å². The average Bonchev–Trinajstić information content (AvgIpc) is 3.35. The Bertz CT molecular complexity index is 1260. The van der Waals surface area contributed by atoms with Crippen molar-refractivity contribution in [1.82, 2.24) is 24.9 Å². The number of nitrogens with zero attached hydrogens (tertiary/aromatic N) is 5. The molecule has 2 aromatic heterocycles. The summed E-state index contributed by atoms with van der Waals surface area (Å²) in [5.41, 5.74) is 7.53. The lowest BCUT2D eigenvalue weighted by Crippen LogP contribution is -2.46. The number of aryl methyl sites for hydroxylation is 2. The number of amides is 1. The molecule has 1 unspecified atom stereocenters. The fourth-order valence-corrected chi connectivity index (χ4v) is 4.94. The van der Waals surface area contributed by atoms with Crippen molar-refractivity contribution in [1.29, 1.82) is 0 Å². The standard InChI is InChI=1S/C28H29N5O/c1-20-17-29-18-21(2)27(20)24-13-11-23(12-14-24)26-19-33(31-30-26)28(34)32-15-7-6-10-25(32)16-22-8-4-3-5-9-22/h3-5,8-9,11-14,17-19,25H,6-7,10,15-16H2,1-2H3. The Morgan fingerprint density at radius 3 is 2.38 bits per heavy atom. The average molecular weight is 452 g/mol. The summed E-state index contributed by atoms with van der Waals surface area (Å²) >= 11 is 0. The highest BCUT2D eigenvalue weighted by Crippen LogP contribution is 2.28. The van der Waals surface area contributed by atoms with Crippen LogP contribution in [-0.2, 0) is 6.42 Å². The van der Waals surface area contributed by atoms with Gasteiger partial charge in [-0.05, 0) is 67.3 Å². The Labute approximate surface area is 200 Å². The lowest BCUT2D eigenvalue weighted by Gasteiger charge is -2.35. The van der Waals surface area contributed by atoms with Crippen LogP contribution in [0.25, 0.3) is 22.4 Å². The Morgan fingerprint density at radius 2 is 1.65 bits per heavy atom. The number of piperidine rings is 1. The topological polar surface area (TPSA) is 63.9 Å². The fraction of sp³-hybridized carbons (Fsp3) is 0.286. The molecule has 0 saturated carbocycles. The van der Waals surface area contributed by atoms with Crippen molar-refractivity contribution < 1.29 is 4.79 Å². The predicted octanol–water partition coefficient (Wildman–Crippen LogP) is 5.69. The van der Waals surface area contributed by atoms with E-state index < -0.39 is 0 Å². The highest BCUT2D eigenvalue weighted by atomic mass is 16.2. The van der Waals surface area contributed by atoms with Crippen LogP contribution in [-0.4, -0.2) is 43.5 Å². The number of carbonyl (C=O) groups excluding carboxylic acids is 1. The molecule has 1 atom stereocenters. The number of hydrogen-bond donors (Lipinski definition) is 0. The molecular weight excluding hydrogens is 422 g/mol. The van der Waals surface area contributed by atoms with Gasteiger partial charge < -0.3 is 4.90 Å². The molecule has 1 saturated heterocycles. The molecule has 2 aromatic carbocycles. The van der Waals surface area contributed by atoms with Gasteiger partial charge in [0, 0.05) is 30.5 Å². The van der Waals surface area contributed by atoms with Gasteiger partial charge in [0.25, 0.3) is 0 Å². The summed E-state index contributed by atoms with van der Waals surface area (Å²) in [6.07, 6.45) is 9.56. The van der Waals surface area contributed by atoms with Gasteiger partial charge in [-0.1, -0.05) is 59.8 Å². The van der Waals surface area contributed by atoms with Crippen molar-refractivity contribution in [2.75, 3.05) is 6.54 Å². The van der Waals surface area contributed by atoms with E-state index in [1.165, 1.54) is 15.8 Å². The molecule has 0 N–H and O–H groups in total. The molecule has 1 fully saturated rings. The first-order chi connectivity index (χ1) is 16.6. The van der Waals surface area contributed by atoms with Gasteiger partial charge in [-0.3, -0.25) is 4.98 Å². The normalized spacial score (nSPS) is 15.9. The summed E-state index contributed by atoms with van der Waals surface area (Å²) in [6.45, 7) is 4.91. The van der Waals surface area contributed by atoms with E-state index in [2.05, 4.69) is 65.5 Å². The van der Waals surface area contributed by atoms with Crippen molar-refractivity contribution in [3.63, 3.8) is 0 Å². The maximum absolute atomic E-state index is 13.3. The Balaban J connectivity index is 1.34. The van der Waals surface area contributed by atoms with Gasteiger partial charge >= 0.3 is 6.03 Å². The van der Waals surface area contributed by atoms with E-state index in [1.54, 1.807) is 6.20 Å². The van der Waals surface area contributed by atoms with Crippen molar-refractivity contribution in [2.24, 2.45) is 0 Å². The summed E-state index contributed by atoms with van der Waals surface area (Å²) in [4.78, 5) is 19.6. The zero-order chi connectivity index (χ0) is 23.5. The van der Waals surface area contributed by atoms with Crippen LogP contribution in [0.2, 0.25) is 0 Å². The van der Waals surface area contributed by atoms with Gasteiger partial charge in [-0.2, -0.15) is 4.68 Å². The minimum Gasteiger partial charge on any atom is -0.320 e. The van der Waals surface area contributed by atoms with Gasteiger partial charge in [0.1, 0.15) is 5.69 Å². The van der Waals surface area contributed by atoms with Gasteiger partial charge in [0.15, 0.2) is 0 Å². The molecule has 6 nitrogen and oxygen atoms in total. The smallest absolute Gasteiger partial charge is 0.320 e. The van der Waals surface area contributed by atoms with Crippen LogP contribution < -0.4 is 0 Å². The molecule has 1 amide bonds. The van der Waals surface area contributed by atoms with E-state index in [-0.39, 0.29) is 12.1 Å². The lowest BCUT2D eigenvalue weighted by atomic mass is 9.96. The molecular formula is C28H29N5O. The third-order valence-corrected chi connectivity index (χ3v) is 6.67. The number of rotatable bonds is 4. The van der Waals surface area contributed by atoms with E-state index in [0.29, 0.717) is 5.69 Å². The molecule has 4 aromatic rings.